The van der Waals surface area contributed by atoms with Gasteiger partial charge < -0.3 is 14.8 Å². The van der Waals surface area contributed by atoms with Crippen molar-refractivity contribution < 1.29 is 18.0 Å². The molecule has 0 spiro atoms. The van der Waals surface area contributed by atoms with Crippen LogP contribution in [0.2, 0.25) is 0 Å². The van der Waals surface area contributed by atoms with Crippen molar-refractivity contribution >= 4 is 38.3 Å². The van der Waals surface area contributed by atoms with Crippen molar-refractivity contribution in [2.24, 2.45) is 0 Å². The second-order valence-electron chi connectivity index (χ2n) is 8.20. The van der Waals surface area contributed by atoms with E-state index in [0.29, 0.717) is 11.3 Å². The molecular formula is C25H32N4O4S. The Hall–Kier alpha value is -3.01. The molecule has 0 aliphatic carbocycles. The lowest BCUT2D eigenvalue weighted by atomic mass is 10.2. The van der Waals surface area contributed by atoms with Gasteiger partial charge in [-0.25, -0.2) is 8.42 Å². The highest BCUT2D eigenvalue weighted by atomic mass is 32.2. The standard InChI is InChI=1S/C25H32N4O4S/c1-5-28(6-2)15-16-29-14-13-21-17-22(9-12-24(21)29)26-25(31)18-27(4)34(32,33)23-10-7-20(8-11-23)19(3)30/h7-14,17H,5-6,15-16,18H2,1-4H3,(H,26,31). The Labute approximate surface area is 201 Å². The number of aromatic nitrogens is 1. The second-order valence-corrected chi connectivity index (χ2v) is 10.2. The molecule has 8 nitrogen and oxygen atoms in total. The predicted molar refractivity (Wildman–Crippen MR) is 135 cm³/mol. The van der Waals surface area contributed by atoms with Crippen molar-refractivity contribution in [2.75, 3.05) is 38.5 Å². The number of sulfonamides is 1. The van der Waals surface area contributed by atoms with E-state index in [1.165, 1.54) is 38.2 Å². The van der Waals surface area contributed by atoms with Gasteiger partial charge in [-0.15, -0.1) is 0 Å². The molecule has 0 unspecified atom stereocenters. The molecule has 1 aromatic heterocycles. The maximum Gasteiger partial charge on any atom is 0.243 e. The van der Waals surface area contributed by atoms with Gasteiger partial charge in [-0.2, -0.15) is 4.31 Å². The summed E-state index contributed by atoms with van der Waals surface area (Å²) in [6, 6.07) is 13.4. The molecule has 0 atom stereocenters. The van der Waals surface area contributed by atoms with Crippen LogP contribution in [-0.2, 0) is 21.4 Å². The normalized spacial score (nSPS) is 11.9. The third kappa shape index (κ3) is 5.91. The van der Waals surface area contributed by atoms with Crippen LogP contribution in [0.5, 0.6) is 0 Å². The average molecular weight is 485 g/mol. The molecule has 0 saturated carbocycles. The summed E-state index contributed by atoms with van der Waals surface area (Å²) in [5.41, 5.74) is 2.12. The first-order valence-corrected chi connectivity index (χ1v) is 12.8. The summed E-state index contributed by atoms with van der Waals surface area (Å²) in [7, 11) is -2.51. The quantitative estimate of drug-likeness (QED) is 0.421. The molecule has 0 saturated heterocycles. The fourth-order valence-electron chi connectivity index (χ4n) is 3.79. The van der Waals surface area contributed by atoms with Gasteiger partial charge in [0.25, 0.3) is 0 Å². The van der Waals surface area contributed by atoms with Crippen molar-refractivity contribution in [3.8, 4) is 0 Å². The smallest absolute Gasteiger partial charge is 0.243 e. The molecule has 3 aromatic rings. The number of nitrogens with one attached hydrogen (secondary N) is 1. The number of fused-ring (bicyclic) bond motifs is 1. The number of carbonyl (C=O) groups is 2. The van der Waals surface area contributed by atoms with Gasteiger partial charge in [0, 0.05) is 48.5 Å². The van der Waals surface area contributed by atoms with Crippen LogP contribution in [0.4, 0.5) is 5.69 Å². The molecule has 0 aliphatic rings. The zero-order valence-electron chi connectivity index (χ0n) is 20.1. The van der Waals surface area contributed by atoms with Gasteiger partial charge in [-0.05, 0) is 56.4 Å². The van der Waals surface area contributed by atoms with E-state index in [1.807, 2.05) is 30.5 Å². The molecule has 1 heterocycles. The first kappa shape index (κ1) is 25.6. The summed E-state index contributed by atoms with van der Waals surface area (Å²) < 4.78 is 28.8. The van der Waals surface area contributed by atoms with E-state index in [-0.39, 0.29) is 17.2 Å². The third-order valence-electron chi connectivity index (χ3n) is 5.94. The van der Waals surface area contributed by atoms with Gasteiger partial charge in [0.2, 0.25) is 15.9 Å². The number of nitrogens with zero attached hydrogens (tertiary/aromatic N) is 3. The molecule has 0 bridgehead atoms. The topological polar surface area (TPSA) is 91.7 Å². The summed E-state index contributed by atoms with van der Waals surface area (Å²) >= 11 is 0. The van der Waals surface area contributed by atoms with E-state index in [1.54, 1.807) is 0 Å². The first-order chi connectivity index (χ1) is 16.1. The van der Waals surface area contributed by atoms with Crippen LogP contribution in [0.3, 0.4) is 0 Å². The lowest BCUT2D eigenvalue weighted by Crippen LogP contribution is -2.35. The number of likely N-dealkylation sites (N-methyl/N-ethyl adjacent to an activating group) is 2. The van der Waals surface area contributed by atoms with Crippen molar-refractivity contribution in [2.45, 2.75) is 32.2 Å². The molecular weight excluding hydrogens is 452 g/mol. The van der Waals surface area contributed by atoms with Gasteiger partial charge >= 0.3 is 0 Å². The Bertz CT molecular complexity index is 1260. The van der Waals surface area contributed by atoms with Crippen molar-refractivity contribution in [3.05, 3.63) is 60.3 Å². The molecule has 3 rings (SSSR count). The fourth-order valence-corrected chi connectivity index (χ4v) is 4.92. The number of ketones is 1. The van der Waals surface area contributed by atoms with Crippen LogP contribution < -0.4 is 5.32 Å². The van der Waals surface area contributed by atoms with Crippen LogP contribution in [0.1, 0.15) is 31.1 Å². The lowest BCUT2D eigenvalue weighted by molar-refractivity contribution is -0.116. The monoisotopic (exact) mass is 484 g/mol. The predicted octanol–water partition coefficient (Wildman–Crippen LogP) is 3.44. The molecule has 0 aliphatic heterocycles. The number of hydrogen-bond acceptors (Lipinski definition) is 5. The van der Waals surface area contributed by atoms with E-state index in [4.69, 9.17) is 0 Å². The largest absolute Gasteiger partial charge is 0.346 e. The average Bonchev–Trinajstić information content (AvgIpc) is 3.21. The van der Waals surface area contributed by atoms with Crippen molar-refractivity contribution in [1.29, 1.82) is 0 Å². The lowest BCUT2D eigenvalue weighted by Gasteiger charge is -2.18. The second kappa shape index (κ2) is 10.9. The molecule has 182 valence electrons. The van der Waals surface area contributed by atoms with Crippen LogP contribution in [0.25, 0.3) is 10.9 Å². The van der Waals surface area contributed by atoms with E-state index in [0.717, 1.165) is 41.4 Å². The maximum absolute atomic E-state index is 12.8. The summed E-state index contributed by atoms with van der Waals surface area (Å²) in [5.74, 6) is -0.584. The molecule has 0 fully saturated rings. The van der Waals surface area contributed by atoms with Crippen LogP contribution in [0, 0.1) is 0 Å². The highest BCUT2D eigenvalue weighted by molar-refractivity contribution is 7.89. The number of rotatable bonds is 11. The fraction of sp³-hybridized carbons (Fsp3) is 0.360. The first-order valence-electron chi connectivity index (χ1n) is 11.3. The summed E-state index contributed by atoms with van der Waals surface area (Å²) in [4.78, 5) is 26.4. The Morgan fingerprint density at radius 3 is 2.29 bits per heavy atom. The van der Waals surface area contributed by atoms with Gasteiger partial charge in [0.1, 0.15) is 0 Å². The van der Waals surface area contributed by atoms with Gasteiger partial charge in [-0.3, -0.25) is 9.59 Å². The minimum atomic E-state index is -3.86. The molecule has 0 radical (unpaired) electrons. The van der Waals surface area contributed by atoms with Crippen LogP contribution in [-0.4, -0.2) is 67.1 Å². The summed E-state index contributed by atoms with van der Waals surface area (Å²) in [5, 5.41) is 3.79. The number of amides is 1. The van der Waals surface area contributed by atoms with Gasteiger partial charge in [0.15, 0.2) is 5.78 Å². The molecule has 9 heteroatoms. The Balaban J connectivity index is 1.64. The number of benzene rings is 2. The molecule has 2 aromatic carbocycles. The Morgan fingerprint density at radius 2 is 1.68 bits per heavy atom. The van der Waals surface area contributed by atoms with Gasteiger partial charge in [0.05, 0.1) is 11.4 Å². The van der Waals surface area contributed by atoms with Crippen molar-refractivity contribution in [1.82, 2.24) is 13.8 Å². The highest BCUT2D eigenvalue weighted by Crippen LogP contribution is 2.21. The molecule has 1 N–H and O–H groups in total. The Morgan fingerprint density at radius 1 is 1.00 bits per heavy atom. The molecule has 1 amide bonds. The maximum atomic E-state index is 12.8. The number of hydrogen-bond donors (Lipinski definition) is 1. The van der Waals surface area contributed by atoms with E-state index in [9.17, 15) is 18.0 Å². The van der Waals surface area contributed by atoms with Gasteiger partial charge in [-0.1, -0.05) is 26.0 Å². The summed E-state index contributed by atoms with van der Waals surface area (Å²) in [6.45, 7) is 9.26. The van der Waals surface area contributed by atoms with Crippen LogP contribution in [0.15, 0.2) is 59.6 Å². The highest BCUT2D eigenvalue weighted by Gasteiger charge is 2.23. The van der Waals surface area contributed by atoms with E-state index >= 15 is 0 Å². The zero-order chi connectivity index (χ0) is 24.9. The number of Topliss-reactive ketones (excluding diaryl/α,β-unsaturated/α-hetero) is 1. The summed E-state index contributed by atoms with van der Waals surface area (Å²) in [6.07, 6.45) is 2.04. The minimum absolute atomic E-state index is 0.0280. The van der Waals surface area contributed by atoms with Crippen molar-refractivity contribution in [3.63, 3.8) is 0 Å². The van der Waals surface area contributed by atoms with E-state index in [2.05, 4.69) is 28.6 Å². The minimum Gasteiger partial charge on any atom is -0.346 e. The SMILES string of the molecule is CCN(CC)CCn1ccc2cc(NC(=O)CN(C)S(=O)(=O)c3ccc(C(C)=O)cc3)ccc21. The third-order valence-corrected chi connectivity index (χ3v) is 7.76. The van der Waals surface area contributed by atoms with Crippen LogP contribution >= 0.6 is 0 Å². The van der Waals surface area contributed by atoms with E-state index < -0.39 is 15.9 Å². The Kier molecular flexibility index (Phi) is 8.24. The zero-order valence-corrected chi connectivity index (χ0v) is 20.9. The molecule has 34 heavy (non-hydrogen) atoms. The number of anilines is 1. The number of carbonyl (C=O) groups excluding carboxylic acids is 2.